The first-order valence-corrected chi connectivity index (χ1v) is 4.34. The Morgan fingerprint density at radius 3 is 2.86 bits per heavy atom. The first-order valence-electron chi connectivity index (χ1n) is 4.34. The molecule has 0 aliphatic carbocycles. The van der Waals surface area contributed by atoms with Gasteiger partial charge in [-0.25, -0.2) is 4.79 Å². The Morgan fingerprint density at radius 2 is 2.29 bits per heavy atom. The highest BCUT2D eigenvalue weighted by atomic mass is 16.4. The Morgan fingerprint density at radius 1 is 1.57 bits per heavy atom. The maximum Gasteiger partial charge on any atom is 0.330 e. The van der Waals surface area contributed by atoms with Crippen molar-refractivity contribution in [3.8, 4) is 0 Å². The van der Waals surface area contributed by atoms with Crippen molar-refractivity contribution in [3.63, 3.8) is 0 Å². The van der Waals surface area contributed by atoms with Gasteiger partial charge < -0.3 is 10.8 Å². The van der Waals surface area contributed by atoms with Gasteiger partial charge in [-0.15, -0.1) is 0 Å². The van der Waals surface area contributed by atoms with Gasteiger partial charge >= 0.3 is 5.97 Å². The maximum absolute atomic E-state index is 10.5. The molecule has 0 aromatic heterocycles. The minimum atomic E-state index is -0.881. The van der Waals surface area contributed by atoms with Crippen molar-refractivity contribution >= 4 is 11.7 Å². The van der Waals surface area contributed by atoms with E-state index in [0.717, 1.165) is 5.56 Å². The van der Waals surface area contributed by atoms with Crippen LogP contribution in [0.1, 0.15) is 12.5 Å². The molecular formula is C11H13NO2. The number of allylic oxidation sites excluding steroid dienone is 1. The molecule has 1 aromatic carbocycles. The molecule has 0 spiro atoms. The van der Waals surface area contributed by atoms with E-state index in [9.17, 15) is 4.79 Å². The lowest BCUT2D eigenvalue weighted by molar-refractivity contribution is -0.132. The summed E-state index contributed by atoms with van der Waals surface area (Å²) in [5.41, 5.74) is 7.66. The SMILES string of the molecule is C/C(=C\Cc1cccc(N)c1)C(=O)O. The van der Waals surface area contributed by atoms with Crippen LogP contribution < -0.4 is 5.73 Å². The molecule has 0 bridgehead atoms. The van der Waals surface area contributed by atoms with Gasteiger partial charge in [0.15, 0.2) is 0 Å². The number of carbonyl (C=O) groups is 1. The fraction of sp³-hybridized carbons (Fsp3) is 0.182. The number of carboxylic acids is 1. The maximum atomic E-state index is 10.5. The van der Waals surface area contributed by atoms with Crippen molar-refractivity contribution in [2.75, 3.05) is 5.73 Å². The van der Waals surface area contributed by atoms with Gasteiger partial charge in [-0.05, 0) is 31.0 Å². The van der Waals surface area contributed by atoms with Crippen LogP contribution in [-0.2, 0) is 11.2 Å². The standard InChI is InChI=1S/C11H13NO2/c1-8(11(13)14)5-6-9-3-2-4-10(12)7-9/h2-5,7H,6,12H2,1H3,(H,13,14)/b8-5+. The van der Waals surface area contributed by atoms with Crippen molar-refractivity contribution in [1.29, 1.82) is 0 Å². The zero-order valence-electron chi connectivity index (χ0n) is 8.03. The monoisotopic (exact) mass is 191 g/mol. The van der Waals surface area contributed by atoms with Crippen LogP contribution in [0.15, 0.2) is 35.9 Å². The molecule has 0 unspecified atom stereocenters. The molecule has 1 aromatic rings. The normalized spacial score (nSPS) is 11.4. The number of anilines is 1. The second-order valence-corrected chi connectivity index (χ2v) is 3.14. The second-order valence-electron chi connectivity index (χ2n) is 3.14. The lowest BCUT2D eigenvalue weighted by Crippen LogP contribution is -1.96. The quantitative estimate of drug-likeness (QED) is 0.566. The van der Waals surface area contributed by atoms with E-state index in [1.165, 1.54) is 0 Å². The second kappa shape index (κ2) is 4.46. The summed E-state index contributed by atoms with van der Waals surface area (Å²) in [5.74, 6) is -0.881. The van der Waals surface area contributed by atoms with Gasteiger partial charge in [0.2, 0.25) is 0 Å². The number of hydrogen-bond donors (Lipinski definition) is 2. The smallest absolute Gasteiger partial charge is 0.330 e. The number of aliphatic carboxylic acids is 1. The van der Waals surface area contributed by atoms with E-state index in [0.29, 0.717) is 17.7 Å². The number of nitrogens with two attached hydrogens (primary N) is 1. The van der Waals surface area contributed by atoms with Gasteiger partial charge in [0.25, 0.3) is 0 Å². The van der Waals surface area contributed by atoms with Gasteiger partial charge in [-0.2, -0.15) is 0 Å². The average molecular weight is 191 g/mol. The minimum Gasteiger partial charge on any atom is -0.478 e. The van der Waals surface area contributed by atoms with Crippen LogP contribution in [-0.4, -0.2) is 11.1 Å². The minimum absolute atomic E-state index is 0.354. The molecule has 0 amide bonds. The highest BCUT2D eigenvalue weighted by molar-refractivity contribution is 5.85. The number of hydrogen-bond acceptors (Lipinski definition) is 2. The zero-order chi connectivity index (χ0) is 10.6. The van der Waals surface area contributed by atoms with Gasteiger partial charge in [-0.1, -0.05) is 18.2 Å². The average Bonchev–Trinajstić information content (AvgIpc) is 2.14. The van der Waals surface area contributed by atoms with E-state index in [4.69, 9.17) is 10.8 Å². The molecule has 3 N–H and O–H groups in total. The van der Waals surface area contributed by atoms with Crippen LogP contribution in [0.5, 0.6) is 0 Å². The summed E-state index contributed by atoms with van der Waals surface area (Å²) < 4.78 is 0. The Hall–Kier alpha value is -1.77. The van der Waals surface area contributed by atoms with Crippen LogP contribution in [0.4, 0.5) is 5.69 Å². The third-order valence-electron chi connectivity index (χ3n) is 1.93. The summed E-state index contributed by atoms with van der Waals surface area (Å²) >= 11 is 0. The topological polar surface area (TPSA) is 63.3 Å². The highest BCUT2D eigenvalue weighted by Crippen LogP contribution is 2.08. The molecule has 14 heavy (non-hydrogen) atoms. The van der Waals surface area contributed by atoms with Gasteiger partial charge in [0, 0.05) is 11.3 Å². The zero-order valence-corrected chi connectivity index (χ0v) is 8.03. The summed E-state index contributed by atoms with van der Waals surface area (Å²) in [6.45, 7) is 1.58. The fourth-order valence-corrected chi connectivity index (χ4v) is 1.08. The largest absolute Gasteiger partial charge is 0.478 e. The Kier molecular flexibility index (Phi) is 3.29. The van der Waals surface area contributed by atoms with E-state index in [1.807, 2.05) is 18.2 Å². The molecule has 1 rings (SSSR count). The number of nitrogen functional groups attached to an aromatic ring is 1. The van der Waals surface area contributed by atoms with E-state index >= 15 is 0 Å². The fourth-order valence-electron chi connectivity index (χ4n) is 1.08. The molecule has 0 aliphatic heterocycles. The molecule has 0 saturated carbocycles. The molecule has 0 aliphatic rings. The van der Waals surface area contributed by atoms with E-state index < -0.39 is 5.97 Å². The molecule has 0 atom stereocenters. The molecule has 0 fully saturated rings. The molecule has 74 valence electrons. The first kappa shape index (κ1) is 10.3. The predicted molar refractivity (Wildman–Crippen MR) is 56.0 cm³/mol. The Balaban J connectivity index is 2.71. The van der Waals surface area contributed by atoms with Crippen LogP contribution >= 0.6 is 0 Å². The van der Waals surface area contributed by atoms with Gasteiger partial charge in [0.05, 0.1) is 0 Å². The first-order chi connectivity index (χ1) is 6.59. The van der Waals surface area contributed by atoms with Crippen molar-refractivity contribution in [1.82, 2.24) is 0 Å². The van der Waals surface area contributed by atoms with Crippen LogP contribution in [0.25, 0.3) is 0 Å². The molecule has 0 radical (unpaired) electrons. The molecule has 3 nitrogen and oxygen atoms in total. The number of rotatable bonds is 3. The van der Waals surface area contributed by atoms with E-state index in [1.54, 1.807) is 19.1 Å². The van der Waals surface area contributed by atoms with Crippen LogP contribution in [0, 0.1) is 0 Å². The van der Waals surface area contributed by atoms with Crippen molar-refractivity contribution in [2.45, 2.75) is 13.3 Å². The van der Waals surface area contributed by atoms with Crippen molar-refractivity contribution in [2.24, 2.45) is 0 Å². The summed E-state index contributed by atoms with van der Waals surface area (Å²) in [5, 5.41) is 8.62. The number of carboxylic acid groups (broad SMARTS) is 1. The number of benzene rings is 1. The van der Waals surface area contributed by atoms with Crippen molar-refractivity contribution in [3.05, 3.63) is 41.5 Å². The van der Waals surface area contributed by atoms with Crippen molar-refractivity contribution < 1.29 is 9.90 Å². The summed E-state index contributed by atoms with van der Waals surface area (Å²) in [6, 6.07) is 7.42. The predicted octanol–water partition coefficient (Wildman–Crippen LogP) is 1.84. The van der Waals surface area contributed by atoms with Gasteiger partial charge in [-0.3, -0.25) is 0 Å². The molecule has 0 saturated heterocycles. The molecular weight excluding hydrogens is 178 g/mol. The van der Waals surface area contributed by atoms with Crippen LogP contribution in [0.2, 0.25) is 0 Å². The lowest BCUT2D eigenvalue weighted by Gasteiger charge is -1.98. The Bertz CT molecular complexity index is 369. The summed E-state index contributed by atoms with van der Waals surface area (Å²) in [4.78, 5) is 10.5. The summed E-state index contributed by atoms with van der Waals surface area (Å²) in [7, 11) is 0. The van der Waals surface area contributed by atoms with E-state index in [-0.39, 0.29) is 0 Å². The third-order valence-corrected chi connectivity index (χ3v) is 1.93. The highest BCUT2D eigenvalue weighted by Gasteiger charge is 1.98. The Labute approximate surface area is 82.9 Å². The molecule has 3 heteroatoms. The lowest BCUT2D eigenvalue weighted by atomic mass is 10.1. The third kappa shape index (κ3) is 2.94. The van der Waals surface area contributed by atoms with Gasteiger partial charge in [0.1, 0.15) is 0 Å². The summed E-state index contributed by atoms with van der Waals surface area (Å²) in [6.07, 6.45) is 2.28. The van der Waals surface area contributed by atoms with E-state index in [2.05, 4.69) is 0 Å². The molecule has 0 heterocycles. The van der Waals surface area contributed by atoms with Crippen LogP contribution in [0.3, 0.4) is 0 Å².